The number of anilines is 1. The Bertz CT molecular complexity index is 413. The summed E-state index contributed by atoms with van der Waals surface area (Å²) in [5, 5.41) is 3.97. The molecule has 100 valence electrons. The first-order valence-electron chi connectivity index (χ1n) is 6.43. The fourth-order valence-corrected chi connectivity index (χ4v) is 2.75. The summed E-state index contributed by atoms with van der Waals surface area (Å²) in [4.78, 5) is 8.24. The van der Waals surface area contributed by atoms with Crippen molar-refractivity contribution >= 4 is 17.4 Å². The fourth-order valence-electron chi connectivity index (χ4n) is 2.61. The summed E-state index contributed by atoms with van der Waals surface area (Å²) in [5.74, 6) is 2.12. The normalized spacial score (nSPS) is 27.9. The molecule has 1 fully saturated rings. The van der Waals surface area contributed by atoms with Crippen molar-refractivity contribution in [1.29, 1.82) is 0 Å². The molecule has 1 heterocycles. The lowest BCUT2D eigenvalue weighted by Gasteiger charge is -2.33. The van der Waals surface area contributed by atoms with Crippen molar-refractivity contribution in [2.45, 2.75) is 39.2 Å². The van der Waals surface area contributed by atoms with Crippen LogP contribution in [0, 0.1) is 11.8 Å². The average Bonchev–Trinajstić information content (AvgIpc) is 2.35. The summed E-state index contributed by atoms with van der Waals surface area (Å²) >= 11 is 6.11. The molecule has 3 unspecified atom stereocenters. The number of ether oxygens (including phenoxy) is 1. The Balaban J connectivity index is 2.08. The first kappa shape index (κ1) is 13.4. The minimum atomic E-state index is 0.346. The van der Waals surface area contributed by atoms with E-state index in [2.05, 4.69) is 29.1 Å². The van der Waals surface area contributed by atoms with Crippen LogP contribution in [-0.4, -0.2) is 23.1 Å². The molecular formula is C13H20ClN3O. The predicted octanol–water partition coefficient (Wildman–Crippen LogP) is 3.38. The maximum Gasteiger partial charge on any atom is 0.318 e. The summed E-state index contributed by atoms with van der Waals surface area (Å²) in [6, 6.07) is 0.775. The Kier molecular flexibility index (Phi) is 4.27. The molecule has 2 rings (SSSR count). The van der Waals surface area contributed by atoms with Crippen LogP contribution in [0.2, 0.25) is 5.02 Å². The quantitative estimate of drug-likeness (QED) is 0.914. The highest BCUT2D eigenvalue weighted by atomic mass is 35.5. The van der Waals surface area contributed by atoms with Gasteiger partial charge < -0.3 is 10.1 Å². The van der Waals surface area contributed by atoms with Crippen LogP contribution < -0.4 is 10.1 Å². The Labute approximate surface area is 113 Å². The number of aromatic nitrogens is 2. The van der Waals surface area contributed by atoms with Gasteiger partial charge in [-0.15, -0.1) is 0 Å². The molecule has 4 nitrogen and oxygen atoms in total. The third kappa shape index (κ3) is 3.05. The van der Waals surface area contributed by atoms with Crippen molar-refractivity contribution < 1.29 is 4.74 Å². The zero-order valence-electron chi connectivity index (χ0n) is 11.1. The Morgan fingerprint density at radius 2 is 2.17 bits per heavy atom. The van der Waals surface area contributed by atoms with Crippen LogP contribution in [0.25, 0.3) is 0 Å². The van der Waals surface area contributed by atoms with Crippen molar-refractivity contribution in [2.24, 2.45) is 11.8 Å². The first-order chi connectivity index (χ1) is 8.60. The van der Waals surface area contributed by atoms with Crippen LogP contribution in [0.1, 0.15) is 33.1 Å². The van der Waals surface area contributed by atoms with Crippen molar-refractivity contribution in [3.8, 4) is 6.01 Å². The van der Waals surface area contributed by atoms with E-state index in [0.717, 1.165) is 12.3 Å². The number of nitrogens with one attached hydrogen (secondary N) is 1. The lowest BCUT2D eigenvalue weighted by Crippen LogP contribution is -2.33. The monoisotopic (exact) mass is 269 g/mol. The van der Waals surface area contributed by atoms with Gasteiger partial charge in [-0.3, -0.25) is 0 Å². The molecule has 1 aliphatic rings. The topological polar surface area (TPSA) is 47.0 Å². The number of rotatable bonds is 3. The van der Waals surface area contributed by atoms with Crippen molar-refractivity contribution in [2.75, 3.05) is 12.4 Å². The van der Waals surface area contributed by atoms with Gasteiger partial charge in [-0.05, 0) is 31.1 Å². The number of nitrogens with zero attached hydrogens (tertiary/aromatic N) is 2. The van der Waals surface area contributed by atoms with Gasteiger partial charge in [-0.2, -0.15) is 4.98 Å². The molecule has 0 aromatic carbocycles. The molecule has 0 aliphatic heterocycles. The third-order valence-electron chi connectivity index (χ3n) is 3.66. The Morgan fingerprint density at radius 3 is 2.83 bits per heavy atom. The van der Waals surface area contributed by atoms with Gasteiger partial charge in [-0.1, -0.05) is 25.4 Å². The van der Waals surface area contributed by atoms with Crippen LogP contribution in [-0.2, 0) is 0 Å². The molecule has 18 heavy (non-hydrogen) atoms. The van der Waals surface area contributed by atoms with Crippen LogP contribution in [0.5, 0.6) is 6.01 Å². The van der Waals surface area contributed by atoms with Crippen LogP contribution in [0.3, 0.4) is 0 Å². The largest absolute Gasteiger partial charge is 0.467 e. The van der Waals surface area contributed by atoms with E-state index in [1.807, 2.05) is 0 Å². The van der Waals surface area contributed by atoms with Crippen molar-refractivity contribution in [3.05, 3.63) is 11.2 Å². The average molecular weight is 270 g/mol. The first-order valence-corrected chi connectivity index (χ1v) is 6.81. The van der Waals surface area contributed by atoms with Gasteiger partial charge >= 0.3 is 6.01 Å². The molecular weight excluding hydrogens is 250 g/mol. The van der Waals surface area contributed by atoms with Gasteiger partial charge in [0, 0.05) is 6.04 Å². The van der Waals surface area contributed by atoms with Crippen molar-refractivity contribution in [1.82, 2.24) is 9.97 Å². The molecule has 0 radical (unpaired) electrons. The molecule has 1 N–H and O–H groups in total. The predicted molar refractivity (Wildman–Crippen MR) is 73.2 cm³/mol. The second-order valence-corrected chi connectivity index (χ2v) is 5.61. The van der Waals surface area contributed by atoms with E-state index in [1.165, 1.54) is 12.8 Å². The van der Waals surface area contributed by atoms with E-state index in [1.54, 1.807) is 13.3 Å². The molecule has 1 aliphatic carbocycles. The summed E-state index contributed by atoms with van der Waals surface area (Å²) in [6.45, 7) is 4.59. The maximum absolute atomic E-state index is 6.11. The lowest BCUT2D eigenvalue weighted by atomic mass is 9.80. The smallest absolute Gasteiger partial charge is 0.318 e. The van der Waals surface area contributed by atoms with E-state index in [0.29, 0.717) is 28.8 Å². The minimum Gasteiger partial charge on any atom is -0.467 e. The standard InChI is InChI=1S/C13H20ClN3O/c1-8-4-5-11(9(2)6-8)16-12-10(14)7-15-13(17-12)18-3/h7-9,11H,4-6H2,1-3H3,(H,15,16,17). The van der Waals surface area contributed by atoms with Gasteiger partial charge in [-0.25, -0.2) is 4.98 Å². The van der Waals surface area contributed by atoms with Gasteiger partial charge in [0.05, 0.1) is 13.3 Å². The Hall–Kier alpha value is -1.03. The Morgan fingerprint density at radius 1 is 1.39 bits per heavy atom. The van der Waals surface area contributed by atoms with Crippen LogP contribution in [0.4, 0.5) is 5.82 Å². The molecule has 0 spiro atoms. The maximum atomic E-state index is 6.11. The molecule has 3 atom stereocenters. The molecule has 1 aromatic heterocycles. The number of hydrogen-bond acceptors (Lipinski definition) is 4. The van der Waals surface area contributed by atoms with E-state index in [4.69, 9.17) is 16.3 Å². The second kappa shape index (κ2) is 5.74. The van der Waals surface area contributed by atoms with Gasteiger partial charge in [0.25, 0.3) is 0 Å². The highest BCUT2D eigenvalue weighted by molar-refractivity contribution is 6.32. The summed E-state index contributed by atoms with van der Waals surface area (Å²) < 4.78 is 5.02. The molecule has 1 aromatic rings. The van der Waals surface area contributed by atoms with E-state index in [-0.39, 0.29) is 0 Å². The second-order valence-electron chi connectivity index (χ2n) is 5.20. The fraction of sp³-hybridized carbons (Fsp3) is 0.692. The van der Waals surface area contributed by atoms with E-state index in [9.17, 15) is 0 Å². The van der Waals surface area contributed by atoms with Crippen LogP contribution in [0.15, 0.2) is 6.20 Å². The van der Waals surface area contributed by atoms with Gasteiger partial charge in [0.1, 0.15) is 5.02 Å². The highest BCUT2D eigenvalue weighted by Gasteiger charge is 2.26. The molecule has 1 saturated carbocycles. The molecule has 0 amide bonds. The lowest BCUT2D eigenvalue weighted by molar-refractivity contribution is 0.276. The summed E-state index contributed by atoms with van der Waals surface area (Å²) in [7, 11) is 1.55. The zero-order valence-corrected chi connectivity index (χ0v) is 11.9. The number of halogens is 1. The van der Waals surface area contributed by atoms with E-state index < -0.39 is 0 Å². The van der Waals surface area contributed by atoms with Crippen LogP contribution >= 0.6 is 11.6 Å². The third-order valence-corrected chi connectivity index (χ3v) is 3.93. The highest BCUT2D eigenvalue weighted by Crippen LogP contribution is 2.32. The van der Waals surface area contributed by atoms with E-state index >= 15 is 0 Å². The molecule has 0 bridgehead atoms. The van der Waals surface area contributed by atoms with Crippen molar-refractivity contribution in [3.63, 3.8) is 0 Å². The number of hydrogen-bond donors (Lipinski definition) is 1. The zero-order chi connectivity index (χ0) is 13.1. The number of methoxy groups -OCH3 is 1. The van der Waals surface area contributed by atoms with Gasteiger partial charge in [0.2, 0.25) is 0 Å². The van der Waals surface area contributed by atoms with Gasteiger partial charge in [0.15, 0.2) is 5.82 Å². The summed E-state index contributed by atoms with van der Waals surface area (Å²) in [6.07, 6.45) is 5.23. The molecule has 0 saturated heterocycles. The summed E-state index contributed by atoms with van der Waals surface area (Å²) in [5.41, 5.74) is 0. The minimum absolute atomic E-state index is 0.346. The SMILES string of the molecule is COc1ncc(Cl)c(NC2CCC(C)CC2C)n1. The molecule has 5 heteroatoms.